The highest BCUT2D eigenvalue weighted by Gasteiger charge is 2.26. The van der Waals surface area contributed by atoms with Crippen LogP contribution >= 0.6 is 11.3 Å². The second kappa shape index (κ2) is 9.30. The fraction of sp³-hybridized carbons (Fsp3) is 0.500. The zero-order chi connectivity index (χ0) is 19.2. The third-order valence-electron chi connectivity index (χ3n) is 4.86. The van der Waals surface area contributed by atoms with Crippen molar-refractivity contribution in [3.05, 3.63) is 29.6 Å². The van der Waals surface area contributed by atoms with Gasteiger partial charge in [-0.1, -0.05) is 12.1 Å². The molecule has 2 aromatic rings. The van der Waals surface area contributed by atoms with Gasteiger partial charge in [0, 0.05) is 30.6 Å². The minimum Gasteiger partial charge on any atom is -0.496 e. The lowest BCUT2D eigenvalue weighted by molar-refractivity contribution is -0.121. The fourth-order valence-corrected chi connectivity index (χ4v) is 4.05. The van der Waals surface area contributed by atoms with E-state index in [2.05, 4.69) is 34.2 Å². The van der Waals surface area contributed by atoms with E-state index in [1.807, 2.05) is 29.6 Å². The molecule has 146 valence electrons. The minimum absolute atomic E-state index is 0.0273. The summed E-state index contributed by atoms with van der Waals surface area (Å²) < 4.78 is 5.41. The summed E-state index contributed by atoms with van der Waals surface area (Å²) in [5.41, 5.74) is 1.76. The number of carbonyl (C=O) groups excluding carboxylic acids is 1. The number of para-hydroxylation sites is 1. The van der Waals surface area contributed by atoms with Crippen LogP contribution in [0.25, 0.3) is 11.3 Å². The second-order valence-corrected chi connectivity index (χ2v) is 8.03. The average Bonchev–Trinajstić information content (AvgIpc) is 3.14. The number of benzene rings is 1. The number of nitrogens with one attached hydrogen (secondary N) is 1. The number of rotatable bonds is 7. The smallest absolute Gasteiger partial charge is 0.230 e. The van der Waals surface area contributed by atoms with Gasteiger partial charge >= 0.3 is 0 Å². The first-order valence-corrected chi connectivity index (χ1v) is 10.2. The molecule has 1 aliphatic rings. The maximum absolute atomic E-state index is 12.7. The molecule has 0 radical (unpaired) electrons. The van der Waals surface area contributed by atoms with Crippen LogP contribution in [0.2, 0.25) is 0 Å². The van der Waals surface area contributed by atoms with E-state index in [-0.39, 0.29) is 11.8 Å². The van der Waals surface area contributed by atoms with E-state index in [4.69, 9.17) is 4.74 Å². The predicted octanol–water partition coefficient (Wildman–Crippen LogP) is 3.03. The van der Waals surface area contributed by atoms with Crippen molar-refractivity contribution in [3.63, 3.8) is 0 Å². The Balaban J connectivity index is 1.60. The van der Waals surface area contributed by atoms with Crippen LogP contribution in [0, 0.1) is 5.92 Å². The van der Waals surface area contributed by atoms with Gasteiger partial charge in [-0.2, -0.15) is 0 Å². The molecule has 0 spiro atoms. The van der Waals surface area contributed by atoms with Crippen LogP contribution in [-0.4, -0.2) is 68.1 Å². The Kier molecular flexibility index (Phi) is 6.82. The van der Waals surface area contributed by atoms with Crippen molar-refractivity contribution in [2.75, 3.05) is 52.7 Å². The molecule has 27 heavy (non-hydrogen) atoms. The summed E-state index contributed by atoms with van der Waals surface area (Å²) in [6.45, 7) is 3.92. The number of likely N-dealkylation sites (N-methyl/N-ethyl adjacent to an activating group) is 1. The zero-order valence-electron chi connectivity index (χ0n) is 16.3. The van der Waals surface area contributed by atoms with Crippen LogP contribution in [0.4, 0.5) is 5.13 Å². The Bertz CT molecular complexity index is 762. The summed E-state index contributed by atoms with van der Waals surface area (Å²) >= 11 is 1.45. The first-order chi connectivity index (χ1) is 13.1. The summed E-state index contributed by atoms with van der Waals surface area (Å²) in [5.74, 6) is 0.884. The van der Waals surface area contributed by atoms with Crippen molar-refractivity contribution >= 4 is 22.4 Å². The normalized spacial score (nSPS) is 17.9. The molecule has 1 unspecified atom stereocenters. The van der Waals surface area contributed by atoms with Crippen molar-refractivity contribution in [2.45, 2.75) is 12.8 Å². The maximum Gasteiger partial charge on any atom is 0.230 e. The third kappa shape index (κ3) is 5.28. The Labute approximate surface area is 165 Å². The lowest BCUT2D eigenvalue weighted by Crippen LogP contribution is -2.43. The molecule has 7 heteroatoms. The van der Waals surface area contributed by atoms with Crippen LogP contribution in [0.3, 0.4) is 0 Å². The van der Waals surface area contributed by atoms with Gasteiger partial charge in [-0.25, -0.2) is 4.98 Å². The van der Waals surface area contributed by atoms with Gasteiger partial charge in [0.15, 0.2) is 5.13 Å². The lowest BCUT2D eigenvalue weighted by Gasteiger charge is -2.32. The maximum atomic E-state index is 12.7. The molecule has 2 heterocycles. The van der Waals surface area contributed by atoms with E-state index in [1.165, 1.54) is 11.3 Å². The van der Waals surface area contributed by atoms with Gasteiger partial charge in [-0.15, -0.1) is 11.3 Å². The predicted molar refractivity (Wildman–Crippen MR) is 110 cm³/mol. The van der Waals surface area contributed by atoms with Crippen LogP contribution in [0.5, 0.6) is 5.75 Å². The number of nitrogens with zero attached hydrogens (tertiary/aromatic N) is 3. The molecule has 1 amide bonds. The molecule has 1 atom stereocenters. The highest BCUT2D eigenvalue weighted by Crippen LogP contribution is 2.32. The van der Waals surface area contributed by atoms with E-state index in [0.717, 1.165) is 56.0 Å². The monoisotopic (exact) mass is 388 g/mol. The quantitative estimate of drug-likeness (QED) is 0.790. The van der Waals surface area contributed by atoms with Gasteiger partial charge in [0.05, 0.1) is 18.7 Å². The number of amides is 1. The van der Waals surface area contributed by atoms with Gasteiger partial charge < -0.3 is 19.9 Å². The molecular weight excluding hydrogens is 360 g/mol. The fourth-order valence-electron chi connectivity index (χ4n) is 3.33. The summed E-state index contributed by atoms with van der Waals surface area (Å²) in [7, 11) is 5.81. The van der Waals surface area contributed by atoms with Crippen molar-refractivity contribution in [2.24, 2.45) is 5.92 Å². The van der Waals surface area contributed by atoms with E-state index >= 15 is 0 Å². The molecular formula is C20H28N4O2S. The molecule has 1 aromatic carbocycles. The molecule has 0 saturated carbocycles. The molecule has 1 aliphatic heterocycles. The number of hydrogen-bond donors (Lipinski definition) is 1. The molecule has 1 aromatic heterocycles. The van der Waals surface area contributed by atoms with Crippen molar-refractivity contribution in [3.8, 4) is 17.0 Å². The molecule has 0 aliphatic carbocycles. The van der Waals surface area contributed by atoms with E-state index in [0.29, 0.717) is 5.13 Å². The number of aromatic nitrogens is 1. The summed E-state index contributed by atoms with van der Waals surface area (Å²) in [4.78, 5) is 21.9. The Morgan fingerprint density at radius 2 is 2.22 bits per heavy atom. The number of ether oxygens (including phenoxy) is 1. The first kappa shape index (κ1) is 19.8. The number of anilines is 1. The van der Waals surface area contributed by atoms with Crippen LogP contribution in [0.15, 0.2) is 29.6 Å². The van der Waals surface area contributed by atoms with Crippen LogP contribution < -0.4 is 10.1 Å². The van der Waals surface area contributed by atoms with Gasteiger partial charge in [0.25, 0.3) is 0 Å². The Hall–Kier alpha value is -1.96. The lowest BCUT2D eigenvalue weighted by atomic mass is 9.97. The highest BCUT2D eigenvalue weighted by atomic mass is 32.1. The van der Waals surface area contributed by atoms with Crippen LogP contribution in [0.1, 0.15) is 12.8 Å². The molecule has 6 nitrogen and oxygen atoms in total. The largest absolute Gasteiger partial charge is 0.496 e. The van der Waals surface area contributed by atoms with Gasteiger partial charge in [-0.05, 0) is 45.6 Å². The zero-order valence-corrected chi connectivity index (χ0v) is 17.1. The van der Waals surface area contributed by atoms with Crippen LogP contribution in [-0.2, 0) is 4.79 Å². The molecule has 0 bridgehead atoms. The van der Waals surface area contributed by atoms with Gasteiger partial charge in [0.1, 0.15) is 5.75 Å². The summed E-state index contributed by atoms with van der Waals surface area (Å²) in [6.07, 6.45) is 2.00. The topological polar surface area (TPSA) is 57.7 Å². The van der Waals surface area contributed by atoms with Gasteiger partial charge in [0.2, 0.25) is 5.91 Å². The number of hydrogen-bond acceptors (Lipinski definition) is 6. The van der Waals surface area contributed by atoms with E-state index in [1.54, 1.807) is 7.11 Å². The standard InChI is InChI=1S/C20H28N4O2S/c1-23(2)11-12-24-10-6-7-15(13-24)19(25)22-20-21-17(14-27-20)16-8-4-5-9-18(16)26-3/h4-5,8-9,14-15H,6-7,10-13H2,1-3H3,(H,21,22,25). The molecule has 3 rings (SSSR count). The molecule has 1 N–H and O–H groups in total. The van der Waals surface area contributed by atoms with Gasteiger partial charge in [-0.3, -0.25) is 4.79 Å². The van der Waals surface area contributed by atoms with Crippen molar-refractivity contribution < 1.29 is 9.53 Å². The molecule has 1 fully saturated rings. The second-order valence-electron chi connectivity index (χ2n) is 7.17. The summed E-state index contributed by atoms with van der Waals surface area (Å²) in [5, 5.41) is 5.62. The highest BCUT2D eigenvalue weighted by molar-refractivity contribution is 7.14. The number of likely N-dealkylation sites (tertiary alicyclic amines) is 1. The summed E-state index contributed by atoms with van der Waals surface area (Å²) in [6, 6.07) is 7.78. The number of carbonyl (C=O) groups is 1. The van der Waals surface area contributed by atoms with Crippen molar-refractivity contribution in [1.29, 1.82) is 0 Å². The number of thiazole rings is 1. The Morgan fingerprint density at radius 1 is 1.41 bits per heavy atom. The molecule has 1 saturated heterocycles. The Morgan fingerprint density at radius 3 is 3.00 bits per heavy atom. The number of piperidine rings is 1. The van der Waals surface area contributed by atoms with E-state index in [9.17, 15) is 4.79 Å². The third-order valence-corrected chi connectivity index (χ3v) is 5.61. The first-order valence-electron chi connectivity index (χ1n) is 9.33. The SMILES string of the molecule is COc1ccccc1-c1csc(NC(=O)C2CCCN(CCN(C)C)C2)n1. The average molecular weight is 389 g/mol. The van der Waals surface area contributed by atoms with Crippen molar-refractivity contribution in [1.82, 2.24) is 14.8 Å². The minimum atomic E-state index is 0.0273. The van der Waals surface area contributed by atoms with E-state index < -0.39 is 0 Å². The number of methoxy groups -OCH3 is 1.